The Balaban J connectivity index is 2.24. The van der Waals surface area contributed by atoms with Gasteiger partial charge in [-0.1, -0.05) is 12.8 Å². The Bertz CT molecular complexity index is 357. The molecule has 1 aliphatic carbocycles. The number of rotatable bonds is 6. The molecule has 0 unspecified atom stereocenters. The van der Waals surface area contributed by atoms with E-state index in [1.54, 1.807) is 0 Å². The van der Waals surface area contributed by atoms with Crippen LogP contribution in [0.5, 0.6) is 0 Å². The summed E-state index contributed by atoms with van der Waals surface area (Å²) in [4.78, 5) is 22.6. The number of carbonyl (C=O) groups is 2. The maximum Gasteiger partial charge on any atom is 0.441 e. The Morgan fingerprint density at radius 1 is 1.20 bits per heavy atom. The maximum absolute atomic E-state index is 11.8. The summed E-state index contributed by atoms with van der Waals surface area (Å²) in [7, 11) is 0. The second-order valence-electron chi connectivity index (χ2n) is 4.70. The highest BCUT2D eigenvalue weighted by atomic mass is 32.2. The van der Waals surface area contributed by atoms with Crippen LogP contribution in [-0.4, -0.2) is 41.5 Å². The minimum Gasteiger partial charge on any atom is -0.481 e. The molecule has 1 fully saturated rings. The molecule has 0 aromatic rings. The number of alkyl halides is 3. The normalized spacial score (nSPS) is 17.8. The lowest BCUT2D eigenvalue weighted by atomic mass is 9.86. The number of hydrogen-bond acceptors (Lipinski definition) is 3. The Morgan fingerprint density at radius 3 is 2.30 bits per heavy atom. The van der Waals surface area contributed by atoms with Gasteiger partial charge in [0.1, 0.15) is 0 Å². The fourth-order valence-electron chi connectivity index (χ4n) is 2.16. The number of carboxylic acids is 1. The van der Waals surface area contributed by atoms with Gasteiger partial charge in [-0.25, -0.2) is 4.79 Å². The van der Waals surface area contributed by atoms with Crippen LogP contribution in [0, 0.1) is 5.41 Å². The summed E-state index contributed by atoms with van der Waals surface area (Å²) < 4.78 is 35.5. The van der Waals surface area contributed by atoms with Crippen LogP contribution in [0.2, 0.25) is 0 Å². The predicted molar refractivity (Wildman–Crippen MR) is 68.5 cm³/mol. The lowest BCUT2D eigenvalue weighted by Crippen LogP contribution is -2.45. The van der Waals surface area contributed by atoms with E-state index in [0.29, 0.717) is 12.8 Å². The molecule has 9 heteroatoms. The van der Waals surface area contributed by atoms with E-state index in [9.17, 15) is 27.9 Å². The first-order chi connectivity index (χ1) is 9.25. The van der Waals surface area contributed by atoms with E-state index in [0.717, 1.165) is 12.8 Å². The van der Waals surface area contributed by atoms with E-state index >= 15 is 0 Å². The van der Waals surface area contributed by atoms with Crippen molar-refractivity contribution in [3.63, 3.8) is 0 Å². The number of amides is 2. The Morgan fingerprint density at radius 2 is 1.80 bits per heavy atom. The molecule has 0 aromatic carbocycles. The molecule has 0 saturated heterocycles. The number of halogens is 3. The van der Waals surface area contributed by atoms with Crippen LogP contribution in [0.25, 0.3) is 0 Å². The van der Waals surface area contributed by atoms with E-state index in [1.165, 1.54) is 0 Å². The van der Waals surface area contributed by atoms with Gasteiger partial charge in [0.15, 0.2) is 0 Å². The first-order valence-electron chi connectivity index (χ1n) is 6.21. The number of hydrogen-bond donors (Lipinski definition) is 3. The lowest BCUT2D eigenvalue weighted by Gasteiger charge is -2.24. The van der Waals surface area contributed by atoms with Gasteiger partial charge >= 0.3 is 17.5 Å². The highest BCUT2D eigenvalue weighted by molar-refractivity contribution is 8.00. The first-order valence-corrected chi connectivity index (χ1v) is 7.19. The molecule has 0 radical (unpaired) electrons. The van der Waals surface area contributed by atoms with Crippen molar-refractivity contribution in [1.82, 2.24) is 10.6 Å². The van der Waals surface area contributed by atoms with Crippen molar-refractivity contribution in [2.24, 2.45) is 5.41 Å². The standard InChI is InChI=1S/C11H17F3N2O3S/c12-11(13,14)20-6-5-15-9(19)16-7-10(8(17)18)3-1-2-4-10/h1-7H2,(H,17,18)(H2,15,16,19). The molecule has 0 bridgehead atoms. The number of urea groups is 1. The van der Waals surface area contributed by atoms with Gasteiger partial charge in [-0.05, 0) is 24.6 Å². The molecule has 0 atom stereocenters. The molecule has 5 nitrogen and oxygen atoms in total. The first kappa shape index (κ1) is 16.9. The highest BCUT2D eigenvalue weighted by Gasteiger charge is 2.41. The third-order valence-corrected chi connectivity index (χ3v) is 3.99. The molecule has 0 spiro atoms. The van der Waals surface area contributed by atoms with Crippen LogP contribution >= 0.6 is 11.8 Å². The van der Waals surface area contributed by atoms with E-state index in [2.05, 4.69) is 10.6 Å². The maximum atomic E-state index is 11.8. The molecule has 116 valence electrons. The van der Waals surface area contributed by atoms with Crippen molar-refractivity contribution in [2.75, 3.05) is 18.8 Å². The smallest absolute Gasteiger partial charge is 0.441 e. The monoisotopic (exact) mass is 314 g/mol. The third kappa shape index (κ3) is 5.48. The Labute approximate surface area is 118 Å². The average Bonchev–Trinajstić information content (AvgIpc) is 2.81. The van der Waals surface area contributed by atoms with Gasteiger partial charge in [-0.2, -0.15) is 13.2 Å². The van der Waals surface area contributed by atoms with E-state index in [-0.39, 0.29) is 30.6 Å². The largest absolute Gasteiger partial charge is 0.481 e. The van der Waals surface area contributed by atoms with Crippen molar-refractivity contribution in [1.29, 1.82) is 0 Å². The van der Waals surface area contributed by atoms with Gasteiger partial charge in [0.05, 0.1) is 5.41 Å². The summed E-state index contributed by atoms with van der Waals surface area (Å²) in [6, 6.07) is -0.639. The van der Waals surface area contributed by atoms with Crippen LogP contribution in [0.1, 0.15) is 25.7 Å². The second kappa shape index (κ2) is 7.05. The quantitative estimate of drug-likeness (QED) is 0.657. The van der Waals surface area contributed by atoms with Crippen molar-refractivity contribution < 1.29 is 27.9 Å². The van der Waals surface area contributed by atoms with Gasteiger partial charge in [0.2, 0.25) is 0 Å². The summed E-state index contributed by atoms with van der Waals surface area (Å²) in [5.41, 5.74) is -5.24. The molecule has 1 aliphatic rings. The summed E-state index contributed by atoms with van der Waals surface area (Å²) in [6.07, 6.45) is 2.62. The molecule has 1 rings (SSSR count). The van der Waals surface area contributed by atoms with Crippen LogP contribution < -0.4 is 10.6 Å². The minimum absolute atomic E-state index is 0.000576. The number of carboxylic acid groups (broad SMARTS) is 1. The van der Waals surface area contributed by atoms with E-state index in [1.807, 2.05) is 0 Å². The number of nitrogens with one attached hydrogen (secondary N) is 2. The zero-order chi connectivity index (χ0) is 15.2. The Kier molecular flexibility index (Phi) is 5.97. The SMILES string of the molecule is O=C(NCCSC(F)(F)F)NCC1(C(=O)O)CCCC1. The summed E-state index contributed by atoms with van der Waals surface area (Å²) in [5.74, 6) is -1.22. The van der Waals surface area contributed by atoms with Crippen LogP contribution in [0.3, 0.4) is 0 Å². The fraction of sp³-hybridized carbons (Fsp3) is 0.818. The van der Waals surface area contributed by atoms with Gasteiger partial charge in [-0.15, -0.1) is 0 Å². The molecule has 0 aromatic heterocycles. The topological polar surface area (TPSA) is 78.4 Å². The predicted octanol–water partition coefficient (Wildman–Crippen LogP) is 2.18. The Hall–Kier alpha value is -1.12. The van der Waals surface area contributed by atoms with Gasteiger partial charge in [-0.3, -0.25) is 4.79 Å². The van der Waals surface area contributed by atoms with Gasteiger partial charge in [0.25, 0.3) is 0 Å². The van der Waals surface area contributed by atoms with Crippen LogP contribution in [0.15, 0.2) is 0 Å². The number of carbonyl (C=O) groups excluding carboxylic acids is 1. The summed E-state index contributed by atoms with van der Waals surface area (Å²) in [6.45, 7) is -0.128. The second-order valence-corrected chi connectivity index (χ2v) is 5.86. The van der Waals surface area contributed by atoms with Crippen molar-refractivity contribution in [3.8, 4) is 0 Å². The average molecular weight is 314 g/mol. The van der Waals surface area contributed by atoms with Crippen molar-refractivity contribution in [2.45, 2.75) is 31.2 Å². The van der Waals surface area contributed by atoms with Crippen LogP contribution in [0.4, 0.5) is 18.0 Å². The molecular formula is C11H17F3N2O3S. The van der Waals surface area contributed by atoms with Crippen LogP contribution in [-0.2, 0) is 4.79 Å². The number of aliphatic carboxylic acids is 1. The zero-order valence-electron chi connectivity index (χ0n) is 10.8. The molecule has 2 amide bonds. The molecule has 1 saturated carbocycles. The highest BCUT2D eigenvalue weighted by Crippen LogP contribution is 2.37. The molecule has 20 heavy (non-hydrogen) atoms. The van der Waals surface area contributed by atoms with Crippen molar-refractivity contribution in [3.05, 3.63) is 0 Å². The third-order valence-electron chi connectivity index (χ3n) is 3.26. The summed E-state index contributed by atoms with van der Waals surface area (Å²) in [5, 5.41) is 13.9. The number of thioether (sulfide) groups is 1. The zero-order valence-corrected chi connectivity index (χ0v) is 11.6. The van der Waals surface area contributed by atoms with Gasteiger partial charge in [0, 0.05) is 18.8 Å². The van der Waals surface area contributed by atoms with Crippen molar-refractivity contribution >= 4 is 23.8 Å². The molecular weight excluding hydrogens is 297 g/mol. The fourth-order valence-corrected chi connectivity index (χ4v) is 2.60. The summed E-state index contributed by atoms with van der Waals surface area (Å²) >= 11 is -0.214. The molecule has 3 N–H and O–H groups in total. The minimum atomic E-state index is -4.31. The van der Waals surface area contributed by atoms with E-state index < -0.39 is 22.9 Å². The molecule has 0 heterocycles. The van der Waals surface area contributed by atoms with E-state index in [4.69, 9.17) is 0 Å². The molecule has 0 aliphatic heterocycles. The lowest BCUT2D eigenvalue weighted by molar-refractivity contribution is -0.148. The van der Waals surface area contributed by atoms with Gasteiger partial charge < -0.3 is 15.7 Å².